The monoisotopic (exact) mass is 460 g/mol. The predicted molar refractivity (Wildman–Crippen MR) is 127 cm³/mol. The van der Waals surface area contributed by atoms with Gasteiger partial charge in [-0.2, -0.15) is 0 Å². The molecule has 3 aromatic heterocycles. The summed E-state index contributed by atoms with van der Waals surface area (Å²) in [7, 11) is 0. The number of amides is 1. The number of nitrogens with zero attached hydrogens (tertiary/aromatic N) is 3. The van der Waals surface area contributed by atoms with Gasteiger partial charge in [0, 0.05) is 43.0 Å². The topological polar surface area (TPSA) is 101 Å². The molecule has 0 aromatic carbocycles. The molecule has 5 rings (SSSR count). The number of fused-ring (bicyclic) bond motifs is 1. The normalized spacial score (nSPS) is 21.4. The third-order valence-corrected chi connectivity index (χ3v) is 6.37. The molecule has 1 amide bonds. The molecule has 1 aliphatic carbocycles. The highest BCUT2D eigenvalue weighted by Gasteiger charge is 2.38. The van der Waals surface area contributed by atoms with Gasteiger partial charge in [0.25, 0.3) is 0 Å². The fourth-order valence-electron chi connectivity index (χ4n) is 4.85. The highest BCUT2D eigenvalue weighted by molar-refractivity contribution is 5.74. The van der Waals surface area contributed by atoms with E-state index in [2.05, 4.69) is 33.2 Å². The Hall–Kier alpha value is -3.65. The molecule has 176 valence electrons. The zero-order chi connectivity index (χ0) is 23.5. The highest BCUT2D eigenvalue weighted by Crippen LogP contribution is 2.31. The van der Waals surface area contributed by atoms with Crippen LogP contribution in [0.5, 0.6) is 11.6 Å². The summed E-state index contributed by atoms with van der Waals surface area (Å²) in [6.07, 6.45) is 9.37. The molecule has 2 N–H and O–H groups in total. The van der Waals surface area contributed by atoms with Gasteiger partial charge in [-0.15, -0.1) is 0 Å². The molecule has 1 saturated heterocycles. The van der Waals surface area contributed by atoms with E-state index in [9.17, 15) is 4.79 Å². The molecule has 4 heterocycles. The number of carbonyl (C=O) groups excluding carboxylic acids is 1. The first kappa shape index (κ1) is 22.2. The van der Waals surface area contributed by atoms with Gasteiger partial charge < -0.3 is 24.5 Å². The van der Waals surface area contributed by atoms with Crippen LogP contribution in [0.3, 0.4) is 0 Å². The smallest absolute Gasteiger partial charge is 0.219 e. The van der Waals surface area contributed by atoms with Crippen molar-refractivity contribution in [3.05, 3.63) is 59.4 Å². The zero-order valence-electron chi connectivity index (χ0n) is 19.1. The summed E-state index contributed by atoms with van der Waals surface area (Å²) >= 11 is 0. The Bertz CT molecular complexity index is 1260. The summed E-state index contributed by atoms with van der Waals surface area (Å²) in [5, 5.41) is 11.0. The van der Waals surface area contributed by atoms with Crippen molar-refractivity contribution in [2.75, 3.05) is 19.8 Å². The summed E-state index contributed by atoms with van der Waals surface area (Å²) in [5.74, 6) is 1.13. The summed E-state index contributed by atoms with van der Waals surface area (Å²) in [4.78, 5) is 26.5. The number of ether oxygens (including phenoxy) is 2. The molecule has 3 aromatic rings. The summed E-state index contributed by atoms with van der Waals surface area (Å²) in [6, 6.07) is 11.5. The van der Waals surface area contributed by atoms with E-state index in [4.69, 9.17) is 14.6 Å². The van der Waals surface area contributed by atoms with Gasteiger partial charge in [0.2, 0.25) is 11.8 Å². The van der Waals surface area contributed by atoms with Crippen LogP contribution in [-0.2, 0) is 4.79 Å². The lowest BCUT2D eigenvalue weighted by molar-refractivity contribution is -0.130. The van der Waals surface area contributed by atoms with Crippen molar-refractivity contribution in [1.29, 1.82) is 0 Å². The van der Waals surface area contributed by atoms with E-state index in [0.717, 1.165) is 41.3 Å². The van der Waals surface area contributed by atoms with Crippen LogP contribution in [-0.4, -0.2) is 62.8 Å². The third-order valence-electron chi connectivity index (χ3n) is 6.37. The summed E-state index contributed by atoms with van der Waals surface area (Å²) < 4.78 is 11.8. The van der Waals surface area contributed by atoms with Crippen molar-refractivity contribution in [1.82, 2.24) is 19.9 Å². The molecule has 0 bridgehead atoms. The Labute approximate surface area is 197 Å². The first-order chi connectivity index (χ1) is 16.6. The van der Waals surface area contributed by atoms with Gasteiger partial charge >= 0.3 is 0 Å². The lowest BCUT2D eigenvalue weighted by Gasteiger charge is -2.34. The molecule has 0 saturated carbocycles. The van der Waals surface area contributed by atoms with Crippen molar-refractivity contribution in [2.24, 2.45) is 5.92 Å². The van der Waals surface area contributed by atoms with Crippen molar-refractivity contribution in [2.45, 2.75) is 31.9 Å². The average Bonchev–Trinajstić information content (AvgIpc) is 3.51. The van der Waals surface area contributed by atoms with Crippen LogP contribution < -0.4 is 20.0 Å². The number of carbonyl (C=O) groups is 1. The number of nitrogens with one attached hydrogen (secondary N) is 1. The van der Waals surface area contributed by atoms with Crippen molar-refractivity contribution >= 4 is 18.1 Å². The number of pyridine rings is 2. The van der Waals surface area contributed by atoms with E-state index in [1.807, 2.05) is 29.2 Å². The molecule has 0 radical (unpaired) electrons. The number of aromatic nitrogens is 3. The lowest BCUT2D eigenvalue weighted by Crippen LogP contribution is -2.47. The van der Waals surface area contributed by atoms with Gasteiger partial charge in [-0.1, -0.05) is 12.1 Å². The fourth-order valence-corrected chi connectivity index (χ4v) is 4.85. The second-order valence-corrected chi connectivity index (χ2v) is 8.59. The van der Waals surface area contributed by atoms with Crippen LogP contribution in [0.1, 0.15) is 19.8 Å². The van der Waals surface area contributed by atoms with E-state index < -0.39 is 0 Å². The molecule has 1 aliphatic heterocycles. The van der Waals surface area contributed by atoms with Crippen LogP contribution in [0.2, 0.25) is 0 Å². The molecule has 0 spiro atoms. The molecule has 2 unspecified atom stereocenters. The van der Waals surface area contributed by atoms with Gasteiger partial charge in [-0.25, -0.2) is 4.98 Å². The van der Waals surface area contributed by atoms with Gasteiger partial charge in [-0.05, 0) is 48.4 Å². The lowest BCUT2D eigenvalue weighted by atomic mass is 9.88. The Morgan fingerprint density at radius 3 is 2.88 bits per heavy atom. The largest absolute Gasteiger partial charge is 0.484 e. The number of aliphatic hydroxyl groups excluding tert-OH is 1. The highest BCUT2D eigenvalue weighted by atomic mass is 16.5. The fraction of sp³-hybridized carbons (Fsp3) is 0.346. The Kier molecular flexibility index (Phi) is 6.31. The molecular weight excluding hydrogens is 432 g/mol. The van der Waals surface area contributed by atoms with E-state index >= 15 is 0 Å². The molecular formula is C26H28N4O4. The van der Waals surface area contributed by atoms with Gasteiger partial charge in [0.15, 0.2) is 0 Å². The van der Waals surface area contributed by atoms with E-state index in [1.54, 1.807) is 25.4 Å². The van der Waals surface area contributed by atoms with Gasteiger partial charge in [0.05, 0.1) is 24.2 Å². The van der Waals surface area contributed by atoms with Gasteiger partial charge in [0.1, 0.15) is 18.5 Å². The van der Waals surface area contributed by atoms with E-state index in [0.29, 0.717) is 11.6 Å². The Balaban J connectivity index is 1.49. The zero-order valence-corrected chi connectivity index (χ0v) is 19.1. The maximum Gasteiger partial charge on any atom is 0.219 e. The molecule has 34 heavy (non-hydrogen) atoms. The Morgan fingerprint density at radius 1 is 1.24 bits per heavy atom. The minimum Gasteiger partial charge on any atom is -0.484 e. The first-order valence-corrected chi connectivity index (χ1v) is 11.6. The van der Waals surface area contributed by atoms with Crippen LogP contribution in [0.25, 0.3) is 23.5 Å². The number of rotatable bonds is 7. The maximum absolute atomic E-state index is 12.3. The standard InChI is InChI=1S/C26H28N4O4/c1-17(32)30-10-4-6-24(30)20-15-22-18(13-23(29-22)21-5-2-3-9-27-21)14-25(20)34-19-7-8-26(28-16-19)33-12-11-31/h2-3,5,7-9,13-16,20,24-25,29,31H,4,6,10-12H2,1H3/t20?,24-,25?/m1/s1. The number of hydrogen-bond acceptors (Lipinski definition) is 6. The van der Waals surface area contributed by atoms with Crippen molar-refractivity contribution in [3.8, 4) is 23.0 Å². The van der Waals surface area contributed by atoms with Gasteiger partial charge in [-0.3, -0.25) is 9.78 Å². The minimum absolute atomic E-state index is 0.0144. The number of aliphatic hydroxyl groups is 1. The second kappa shape index (κ2) is 9.69. The molecule has 8 nitrogen and oxygen atoms in total. The van der Waals surface area contributed by atoms with Crippen molar-refractivity contribution < 1.29 is 19.4 Å². The maximum atomic E-state index is 12.3. The van der Waals surface area contributed by atoms with E-state index in [1.165, 1.54) is 0 Å². The SMILES string of the molecule is CC(=O)N1CCC[C@@H]1C1C=c2[nH]c(-c3ccccn3)cc2=CC1Oc1ccc(OCCO)nc1. The summed E-state index contributed by atoms with van der Waals surface area (Å²) in [5.41, 5.74) is 1.82. The van der Waals surface area contributed by atoms with Crippen LogP contribution in [0.4, 0.5) is 0 Å². The van der Waals surface area contributed by atoms with Crippen LogP contribution in [0, 0.1) is 5.92 Å². The third kappa shape index (κ3) is 4.54. The quantitative estimate of drug-likeness (QED) is 0.554. The van der Waals surface area contributed by atoms with Crippen LogP contribution >= 0.6 is 0 Å². The molecule has 2 aliphatic rings. The van der Waals surface area contributed by atoms with Crippen LogP contribution in [0.15, 0.2) is 48.8 Å². The Morgan fingerprint density at radius 2 is 2.15 bits per heavy atom. The van der Waals surface area contributed by atoms with Crippen molar-refractivity contribution in [3.63, 3.8) is 0 Å². The number of H-pyrrole nitrogens is 1. The number of hydrogen-bond donors (Lipinski definition) is 2. The molecule has 1 fully saturated rings. The molecule has 8 heteroatoms. The average molecular weight is 461 g/mol. The predicted octanol–water partition coefficient (Wildman–Crippen LogP) is 1.49. The van der Waals surface area contributed by atoms with E-state index in [-0.39, 0.29) is 37.2 Å². The second-order valence-electron chi connectivity index (χ2n) is 8.59. The number of likely N-dealkylation sites (tertiary alicyclic amines) is 1. The first-order valence-electron chi connectivity index (χ1n) is 11.6. The minimum atomic E-state index is -0.268. The number of aromatic amines is 1. The molecule has 3 atom stereocenters. The summed E-state index contributed by atoms with van der Waals surface area (Å²) in [6.45, 7) is 2.53.